The van der Waals surface area contributed by atoms with Gasteiger partial charge in [0.15, 0.2) is 0 Å². The summed E-state index contributed by atoms with van der Waals surface area (Å²) in [6.45, 7) is 0.355. The molecule has 6 rings (SSSR count). The standard InChI is InChI=1S/C30H23ClFN5O3/c31-20-7-9-23-25(15-20)35-28(38)26(16-21-5-1-2-11-33-21)37(30(23)40)17-18-6-8-22(24(32)14-18)29(39)36-13-10-19-4-3-12-34-27(19)36/h1-9,11-12,14-15,26H,10,13,16-17H2,(H,35,38)/t26-/m1/s1. The Morgan fingerprint density at radius 3 is 2.67 bits per heavy atom. The van der Waals surface area contributed by atoms with Gasteiger partial charge in [-0.15, -0.1) is 0 Å². The molecule has 2 aromatic carbocycles. The lowest BCUT2D eigenvalue weighted by atomic mass is 10.0. The van der Waals surface area contributed by atoms with Gasteiger partial charge in [0.05, 0.1) is 16.8 Å². The van der Waals surface area contributed by atoms with E-state index in [1.165, 1.54) is 28.0 Å². The van der Waals surface area contributed by atoms with Gasteiger partial charge in [0.2, 0.25) is 5.91 Å². The van der Waals surface area contributed by atoms with Crippen LogP contribution in [0.2, 0.25) is 5.02 Å². The van der Waals surface area contributed by atoms with Crippen LogP contribution in [0.5, 0.6) is 0 Å². The van der Waals surface area contributed by atoms with Crippen molar-refractivity contribution in [1.29, 1.82) is 0 Å². The number of benzene rings is 2. The average Bonchev–Trinajstić information content (AvgIpc) is 3.36. The normalized spacial score (nSPS) is 16.3. The molecule has 10 heteroatoms. The number of aromatic nitrogens is 2. The average molecular weight is 556 g/mol. The fourth-order valence-electron chi connectivity index (χ4n) is 5.14. The first-order valence-corrected chi connectivity index (χ1v) is 13.1. The number of hydrogen-bond donors (Lipinski definition) is 1. The summed E-state index contributed by atoms with van der Waals surface area (Å²) < 4.78 is 15.4. The molecule has 200 valence electrons. The molecule has 0 spiro atoms. The van der Waals surface area contributed by atoms with Crippen molar-refractivity contribution in [3.8, 4) is 0 Å². The van der Waals surface area contributed by atoms with Crippen LogP contribution >= 0.6 is 11.6 Å². The minimum atomic E-state index is -0.926. The van der Waals surface area contributed by atoms with Gasteiger partial charge in [0.1, 0.15) is 17.7 Å². The smallest absolute Gasteiger partial charge is 0.262 e. The number of carbonyl (C=O) groups is 3. The topological polar surface area (TPSA) is 95.5 Å². The molecule has 4 aromatic rings. The van der Waals surface area contributed by atoms with Crippen LogP contribution in [0.3, 0.4) is 0 Å². The molecule has 0 radical (unpaired) electrons. The van der Waals surface area contributed by atoms with Crippen molar-refractivity contribution in [2.24, 2.45) is 0 Å². The Bertz CT molecular complexity index is 1650. The zero-order chi connectivity index (χ0) is 27.8. The van der Waals surface area contributed by atoms with Crippen LogP contribution in [-0.2, 0) is 24.2 Å². The van der Waals surface area contributed by atoms with Crippen molar-refractivity contribution < 1.29 is 18.8 Å². The molecule has 1 atom stereocenters. The van der Waals surface area contributed by atoms with E-state index in [4.69, 9.17) is 11.6 Å². The Labute approximate surface area is 234 Å². The van der Waals surface area contributed by atoms with Gasteiger partial charge in [-0.3, -0.25) is 24.3 Å². The highest BCUT2D eigenvalue weighted by Gasteiger charge is 2.36. The molecule has 0 saturated heterocycles. The number of pyridine rings is 2. The molecule has 0 aliphatic carbocycles. The van der Waals surface area contributed by atoms with Crippen LogP contribution in [0.4, 0.5) is 15.9 Å². The summed E-state index contributed by atoms with van der Waals surface area (Å²) in [5.41, 5.74) is 2.48. The molecule has 3 amide bonds. The third kappa shape index (κ3) is 4.80. The molecule has 0 unspecified atom stereocenters. The lowest BCUT2D eigenvalue weighted by Crippen LogP contribution is -2.46. The minimum absolute atomic E-state index is 0.0642. The van der Waals surface area contributed by atoms with Gasteiger partial charge in [-0.2, -0.15) is 0 Å². The molecule has 4 heterocycles. The van der Waals surface area contributed by atoms with Gasteiger partial charge in [0.25, 0.3) is 11.8 Å². The van der Waals surface area contributed by atoms with Gasteiger partial charge < -0.3 is 10.2 Å². The molecule has 2 aliphatic heterocycles. The van der Waals surface area contributed by atoms with E-state index in [1.54, 1.807) is 54.9 Å². The van der Waals surface area contributed by atoms with E-state index in [9.17, 15) is 14.4 Å². The van der Waals surface area contributed by atoms with Crippen molar-refractivity contribution in [2.75, 3.05) is 16.8 Å². The molecular weight excluding hydrogens is 533 g/mol. The summed E-state index contributed by atoms with van der Waals surface area (Å²) in [6.07, 6.45) is 4.02. The van der Waals surface area contributed by atoms with Crippen LogP contribution in [0.25, 0.3) is 0 Å². The third-order valence-electron chi connectivity index (χ3n) is 7.13. The van der Waals surface area contributed by atoms with Gasteiger partial charge in [-0.05, 0) is 66.1 Å². The van der Waals surface area contributed by atoms with Crippen molar-refractivity contribution in [1.82, 2.24) is 14.9 Å². The molecular formula is C30H23ClFN5O3. The molecule has 40 heavy (non-hydrogen) atoms. The van der Waals surface area contributed by atoms with Gasteiger partial charge >= 0.3 is 0 Å². The van der Waals surface area contributed by atoms with E-state index in [0.29, 0.717) is 40.8 Å². The van der Waals surface area contributed by atoms with Crippen LogP contribution < -0.4 is 10.2 Å². The zero-order valence-electron chi connectivity index (χ0n) is 21.2. The number of anilines is 2. The van der Waals surface area contributed by atoms with Crippen molar-refractivity contribution in [2.45, 2.75) is 25.4 Å². The van der Waals surface area contributed by atoms with Crippen molar-refractivity contribution in [3.05, 3.63) is 118 Å². The summed E-state index contributed by atoms with van der Waals surface area (Å²) in [6, 6.07) is 17.0. The highest BCUT2D eigenvalue weighted by molar-refractivity contribution is 6.31. The maximum Gasteiger partial charge on any atom is 0.262 e. The first kappa shape index (κ1) is 25.6. The number of nitrogens with one attached hydrogen (secondary N) is 1. The summed E-state index contributed by atoms with van der Waals surface area (Å²) in [7, 11) is 0. The third-order valence-corrected chi connectivity index (χ3v) is 7.36. The molecule has 1 N–H and O–H groups in total. The molecule has 0 fully saturated rings. The molecule has 8 nitrogen and oxygen atoms in total. The Balaban J connectivity index is 1.31. The van der Waals surface area contributed by atoms with E-state index < -0.39 is 29.6 Å². The largest absolute Gasteiger partial charge is 0.323 e. The Hall–Kier alpha value is -4.63. The second kappa shape index (κ2) is 10.5. The van der Waals surface area contributed by atoms with Crippen LogP contribution in [-0.4, -0.2) is 45.2 Å². The van der Waals surface area contributed by atoms with Crippen LogP contribution in [0.1, 0.15) is 37.5 Å². The number of fused-ring (bicyclic) bond motifs is 2. The predicted octanol–water partition coefficient (Wildman–Crippen LogP) is 4.68. The van der Waals surface area contributed by atoms with Gasteiger partial charge in [-0.1, -0.05) is 29.8 Å². The monoisotopic (exact) mass is 555 g/mol. The summed E-state index contributed by atoms with van der Waals surface area (Å²) in [5.74, 6) is -1.48. The quantitative estimate of drug-likeness (QED) is 0.386. The lowest BCUT2D eigenvalue weighted by molar-refractivity contribution is -0.120. The van der Waals surface area contributed by atoms with E-state index >= 15 is 4.39 Å². The zero-order valence-corrected chi connectivity index (χ0v) is 21.9. The first-order chi connectivity index (χ1) is 19.4. The van der Waals surface area contributed by atoms with E-state index in [-0.39, 0.29) is 24.1 Å². The van der Waals surface area contributed by atoms with E-state index in [1.807, 2.05) is 6.07 Å². The minimum Gasteiger partial charge on any atom is -0.323 e. The second-order valence-electron chi connectivity index (χ2n) is 9.66. The Morgan fingerprint density at radius 2 is 1.88 bits per heavy atom. The predicted molar refractivity (Wildman–Crippen MR) is 148 cm³/mol. The van der Waals surface area contributed by atoms with Crippen molar-refractivity contribution in [3.63, 3.8) is 0 Å². The first-order valence-electron chi connectivity index (χ1n) is 12.7. The number of nitrogens with zero attached hydrogens (tertiary/aromatic N) is 4. The van der Waals surface area contributed by atoms with Crippen LogP contribution in [0.15, 0.2) is 79.1 Å². The summed E-state index contributed by atoms with van der Waals surface area (Å²) >= 11 is 6.13. The number of amides is 3. The Kier molecular flexibility index (Phi) is 6.73. The number of carbonyl (C=O) groups excluding carboxylic acids is 3. The SMILES string of the molecule is O=C1Nc2cc(Cl)ccc2C(=O)N(Cc2ccc(C(=O)N3CCc4cccnc43)c(F)c2)[C@@H]1Cc1ccccn1. The fraction of sp³-hybridized carbons (Fsp3) is 0.167. The molecule has 2 aliphatic rings. The van der Waals surface area contributed by atoms with Gasteiger partial charge in [0, 0.05) is 42.6 Å². The molecule has 2 aromatic heterocycles. The second-order valence-corrected chi connectivity index (χ2v) is 10.1. The highest BCUT2D eigenvalue weighted by atomic mass is 35.5. The molecule has 0 bridgehead atoms. The maximum atomic E-state index is 15.4. The lowest BCUT2D eigenvalue weighted by Gasteiger charge is -2.29. The van der Waals surface area contributed by atoms with E-state index in [2.05, 4.69) is 15.3 Å². The van der Waals surface area contributed by atoms with Crippen molar-refractivity contribution >= 4 is 40.8 Å². The summed E-state index contributed by atoms with van der Waals surface area (Å²) in [4.78, 5) is 51.8. The van der Waals surface area contributed by atoms with Crippen LogP contribution in [0, 0.1) is 5.82 Å². The summed E-state index contributed by atoms with van der Waals surface area (Å²) in [5, 5.41) is 3.19. The number of halogens is 2. The Morgan fingerprint density at radius 1 is 1.02 bits per heavy atom. The molecule has 0 saturated carbocycles. The van der Waals surface area contributed by atoms with Gasteiger partial charge in [-0.25, -0.2) is 9.37 Å². The maximum absolute atomic E-state index is 15.4. The number of hydrogen-bond acceptors (Lipinski definition) is 5. The number of rotatable bonds is 5. The highest BCUT2D eigenvalue weighted by Crippen LogP contribution is 2.30. The fourth-order valence-corrected chi connectivity index (χ4v) is 5.31. The van der Waals surface area contributed by atoms with E-state index in [0.717, 1.165) is 5.56 Å².